The van der Waals surface area contributed by atoms with Gasteiger partial charge in [0.05, 0.1) is 27.0 Å². The van der Waals surface area contributed by atoms with Crippen molar-refractivity contribution in [2.24, 2.45) is 0 Å². The monoisotopic (exact) mass is 371 g/mol. The number of hydrogen-bond donors (Lipinski definition) is 3. The lowest BCUT2D eigenvalue weighted by atomic mass is 10.1. The number of nitrogens with one attached hydrogen (secondary N) is 2. The minimum absolute atomic E-state index is 0.0306. The standard InChI is InChI=1S/C16H19Cl2N3OS/c17-12-9-13(18)16(15-11(12)5-4-8-20-15)21-7-3-1-2-6-19-14(22)10-23/h4-5,8-9,21,23H,1-3,6-7,10H2,(H,19,22). The van der Waals surface area contributed by atoms with Gasteiger partial charge in [-0.25, -0.2) is 0 Å². The summed E-state index contributed by atoms with van der Waals surface area (Å²) in [5.74, 6) is 0.202. The molecule has 0 aliphatic rings. The molecule has 2 N–H and O–H groups in total. The highest BCUT2D eigenvalue weighted by molar-refractivity contribution is 7.81. The second-order valence-corrected chi connectivity index (χ2v) is 6.24. The Balaban J connectivity index is 1.85. The van der Waals surface area contributed by atoms with Crippen molar-refractivity contribution in [1.29, 1.82) is 0 Å². The fourth-order valence-electron chi connectivity index (χ4n) is 2.26. The maximum absolute atomic E-state index is 11.0. The maximum Gasteiger partial charge on any atom is 0.229 e. The lowest BCUT2D eigenvalue weighted by molar-refractivity contribution is -0.118. The molecule has 0 fully saturated rings. The molecule has 1 aromatic carbocycles. The van der Waals surface area contributed by atoms with Crippen LogP contribution in [0.5, 0.6) is 0 Å². The summed E-state index contributed by atoms with van der Waals surface area (Å²) in [5.41, 5.74) is 1.60. The quantitative estimate of drug-likeness (QED) is 0.482. The SMILES string of the molecule is O=C(CS)NCCCCCNc1c(Cl)cc(Cl)c2cccnc12. The molecule has 0 saturated heterocycles. The topological polar surface area (TPSA) is 54.0 Å². The van der Waals surface area contributed by atoms with E-state index in [0.717, 1.165) is 42.4 Å². The van der Waals surface area contributed by atoms with E-state index in [1.165, 1.54) is 0 Å². The summed E-state index contributed by atoms with van der Waals surface area (Å²) in [6.07, 6.45) is 4.65. The van der Waals surface area contributed by atoms with E-state index in [1.54, 1.807) is 12.3 Å². The summed E-state index contributed by atoms with van der Waals surface area (Å²) in [7, 11) is 0. The summed E-state index contributed by atoms with van der Waals surface area (Å²) < 4.78 is 0. The van der Waals surface area contributed by atoms with Gasteiger partial charge in [-0.15, -0.1) is 0 Å². The molecule has 2 aromatic rings. The highest BCUT2D eigenvalue weighted by Gasteiger charge is 2.10. The molecule has 0 aliphatic carbocycles. The van der Waals surface area contributed by atoms with E-state index in [4.69, 9.17) is 23.2 Å². The molecule has 0 atom stereocenters. The molecule has 2 rings (SSSR count). The molecule has 0 radical (unpaired) electrons. The van der Waals surface area contributed by atoms with Crippen LogP contribution in [0, 0.1) is 0 Å². The zero-order valence-electron chi connectivity index (χ0n) is 12.6. The van der Waals surface area contributed by atoms with Crippen molar-refractivity contribution in [2.45, 2.75) is 19.3 Å². The second kappa shape index (κ2) is 9.21. The van der Waals surface area contributed by atoms with E-state index in [9.17, 15) is 4.79 Å². The summed E-state index contributed by atoms with van der Waals surface area (Å²) >= 11 is 16.4. The van der Waals surface area contributed by atoms with Crippen molar-refractivity contribution in [1.82, 2.24) is 10.3 Å². The van der Waals surface area contributed by atoms with Crippen LogP contribution in [0.3, 0.4) is 0 Å². The van der Waals surface area contributed by atoms with Gasteiger partial charge in [0.25, 0.3) is 0 Å². The van der Waals surface area contributed by atoms with Gasteiger partial charge in [0.2, 0.25) is 5.91 Å². The first-order valence-electron chi connectivity index (χ1n) is 7.47. The molecule has 7 heteroatoms. The molecule has 0 spiro atoms. The van der Waals surface area contributed by atoms with Crippen molar-refractivity contribution < 1.29 is 4.79 Å². The van der Waals surface area contributed by atoms with Gasteiger partial charge >= 0.3 is 0 Å². The zero-order valence-corrected chi connectivity index (χ0v) is 15.0. The molecule has 0 bridgehead atoms. The van der Waals surface area contributed by atoms with E-state index in [0.29, 0.717) is 16.6 Å². The maximum atomic E-state index is 11.0. The van der Waals surface area contributed by atoms with E-state index in [-0.39, 0.29) is 11.7 Å². The molecule has 4 nitrogen and oxygen atoms in total. The summed E-state index contributed by atoms with van der Waals surface area (Å²) in [6.45, 7) is 1.47. The second-order valence-electron chi connectivity index (χ2n) is 5.11. The number of carbonyl (C=O) groups is 1. The molecular formula is C16H19Cl2N3OS. The fraction of sp³-hybridized carbons (Fsp3) is 0.375. The molecule has 1 heterocycles. The Bertz CT molecular complexity index is 682. The average Bonchev–Trinajstić information content (AvgIpc) is 2.56. The Morgan fingerprint density at radius 3 is 2.74 bits per heavy atom. The van der Waals surface area contributed by atoms with Gasteiger partial charge in [-0.05, 0) is 37.5 Å². The lowest BCUT2D eigenvalue weighted by Crippen LogP contribution is -2.25. The van der Waals surface area contributed by atoms with Crippen LogP contribution < -0.4 is 10.6 Å². The molecule has 23 heavy (non-hydrogen) atoms. The van der Waals surface area contributed by atoms with Gasteiger partial charge in [0, 0.05) is 24.7 Å². The van der Waals surface area contributed by atoms with Crippen molar-refractivity contribution in [3.8, 4) is 0 Å². The van der Waals surface area contributed by atoms with Crippen LogP contribution >= 0.6 is 35.8 Å². The number of aromatic nitrogens is 1. The highest BCUT2D eigenvalue weighted by atomic mass is 35.5. The van der Waals surface area contributed by atoms with Crippen molar-refractivity contribution in [3.63, 3.8) is 0 Å². The van der Waals surface area contributed by atoms with Crippen molar-refractivity contribution in [2.75, 3.05) is 24.2 Å². The number of halogens is 2. The van der Waals surface area contributed by atoms with Crippen LogP contribution in [0.25, 0.3) is 10.9 Å². The molecule has 0 saturated carbocycles. The summed E-state index contributed by atoms with van der Waals surface area (Å²) in [5, 5.41) is 8.20. The van der Waals surface area contributed by atoms with E-state index in [2.05, 4.69) is 28.2 Å². The first-order chi connectivity index (χ1) is 11.1. The van der Waals surface area contributed by atoms with Crippen LogP contribution in [0.2, 0.25) is 10.0 Å². The third-order valence-electron chi connectivity index (χ3n) is 3.42. The Labute approximate surface area is 151 Å². The number of nitrogens with zero attached hydrogens (tertiary/aromatic N) is 1. The van der Waals surface area contributed by atoms with Gasteiger partial charge in [0.1, 0.15) is 0 Å². The predicted molar refractivity (Wildman–Crippen MR) is 101 cm³/mol. The predicted octanol–water partition coefficient (Wildman–Crippen LogP) is 4.17. The molecular weight excluding hydrogens is 353 g/mol. The van der Waals surface area contributed by atoms with Gasteiger partial charge in [0.15, 0.2) is 0 Å². The average molecular weight is 372 g/mol. The fourth-order valence-corrected chi connectivity index (χ4v) is 2.96. The van der Waals surface area contributed by atoms with Crippen LogP contribution in [-0.4, -0.2) is 29.7 Å². The smallest absolute Gasteiger partial charge is 0.229 e. The number of amides is 1. The summed E-state index contributed by atoms with van der Waals surface area (Å²) in [6, 6.07) is 5.52. The number of fused-ring (bicyclic) bond motifs is 1. The number of benzene rings is 1. The lowest BCUT2D eigenvalue weighted by Gasteiger charge is -2.12. The van der Waals surface area contributed by atoms with E-state index >= 15 is 0 Å². The minimum atomic E-state index is -0.0306. The third kappa shape index (κ3) is 5.16. The molecule has 1 amide bonds. The zero-order chi connectivity index (χ0) is 16.7. The number of anilines is 1. The van der Waals surface area contributed by atoms with Crippen molar-refractivity contribution in [3.05, 3.63) is 34.4 Å². The number of pyridine rings is 1. The number of carbonyl (C=O) groups excluding carboxylic acids is 1. The Kier molecular flexibility index (Phi) is 7.27. The van der Waals surface area contributed by atoms with Crippen LogP contribution in [0.1, 0.15) is 19.3 Å². The number of hydrogen-bond acceptors (Lipinski definition) is 4. The van der Waals surface area contributed by atoms with Crippen LogP contribution in [0.15, 0.2) is 24.4 Å². The van der Waals surface area contributed by atoms with Gasteiger partial charge < -0.3 is 10.6 Å². The van der Waals surface area contributed by atoms with Crippen LogP contribution in [-0.2, 0) is 4.79 Å². The Morgan fingerprint density at radius 1 is 1.17 bits per heavy atom. The van der Waals surface area contributed by atoms with Crippen LogP contribution in [0.4, 0.5) is 5.69 Å². The third-order valence-corrected chi connectivity index (χ3v) is 4.31. The minimum Gasteiger partial charge on any atom is -0.382 e. The molecule has 0 aliphatic heterocycles. The molecule has 1 aromatic heterocycles. The highest BCUT2D eigenvalue weighted by Crippen LogP contribution is 2.34. The summed E-state index contributed by atoms with van der Waals surface area (Å²) in [4.78, 5) is 15.4. The normalized spacial score (nSPS) is 10.7. The first kappa shape index (κ1) is 18.2. The Morgan fingerprint density at radius 2 is 1.96 bits per heavy atom. The van der Waals surface area contributed by atoms with E-state index < -0.39 is 0 Å². The molecule has 124 valence electrons. The van der Waals surface area contributed by atoms with Gasteiger partial charge in [-0.1, -0.05) is 23.2 Å². The Hall–Kier alpha value is -1.17. The molecule has 0 unspecified atom stereocenters. The van der Waals surface area contributed by atoms with Gasteiger partial charge in [-0.2, -0.15) is 12.6 Å². The number of unbranched alkanes of at least 4 members (excludes halogenated alkanes) is 2. The number of thiol groups is 1. The van der Waals surface area contributed by atoms with E-state index in [1.807, 2.05) is 12.1 Å². The van der Waals surface area contributed by atoms with Gasteiger partial charge in [-0.3, -0.25) is 9.78 Å². The largest absolute Gasteiger partial charge is 0.382 e. The van der Waals surface area contributed by atoms with Crippen molar-refractivity contribution >= 4 is 58.3 Å². The number of rotatable bonds is 8. The first-order valence-corrected chi connectivity index (χ1v) is 8.86.